The topological polar surface area (TPSA) is 233 Å². The number of nitrogens with one attached hydrogen (secondary N) is 3. The van der Waals surface area contributed by atoms with Gasteiger partial charge in [0.15, 0.2) is 17.7 Å². The summed E-state index contributed by atoms with van der Waals surface area (Å²) in [6, 6.07) is 37.7. The molecule has 3 atom stereocenters. The maximum atomic E-state index is 15.3. The van der Waals surface area contributed by atoms with Crippen LogP contribution < -0.4 is 30.2 Å². The third-order valence-corrected chi connectivity index (χ3v) is 21.5. The van der Waals surface area contributed by atoms with Gasteiger partial charge in [-0.05, 0) is 121 Å². The van der Waals surface area contributed by atoms with E-state index in [1.807, 2.05) is 88.4 Å². The lowest BCUT2D eigenvalue weighted by molar-refractivity contribution is -0.120. The zero-order chi connectivity index (χ0) is 69.0. The van der Waals surface area contributed by atoms with Gasteiger partial charge in [-0.25, -0.2) is 14.4 Å². The van der Waals surface area contributed by atoms with Crippen LogP contribution in [0, 0.1) is 6.92 Å². The molecular formula is C76H86N6O14S2. The van der Waals surface area contributed by atoms with E-state index in [1.165, 1.54) is 45.7 Å². The first kappa shape index (κ1) is 70.4. The first-order valence-corrected chi connectivity index (χ1v) is 35.8. The zero-order valence-electron chi connectivity index (χ0n) is 56.2. The number of rotatable bonds is 28. The molecule has 4 N–H and O–H groups in total. The van der Waals surface area contributed by atoms with Crippen molar-refractivity contribution in [3.63, 3.8) is 0 Å². The minimum atomic E-state index is -0.839. The Balaban J connectivity index is 0.752. The number of aliphatic hydroxyl groups excluding tert-OH is 1. The second-order valence-corrected chi connectivity index (χ2v) is 28.9. The molecule has 6 amide bonds. The molecule has 6 aromatic rings. The fourth-order valence-corrected chi connectivity index (χ4v) is 15.8. The number of hydrogen-bond donors (Lipinski definition) is 4. The zero-order valence-corrected chi connectivity index (χ0v) is 57.8. The van der Waals surface area contributed by atoms with Crippen molar-refractivity contribution in [2.75, 3.05) is 95.9 Å². The van der Waals surface area contributed by atoms with Crippen LogP contribution in [0.4, 0.5) is 25.8 Å². The Morgan fingerprint density at radius 2 is 1.18 bits per heavy atom. The number of aliphatic hydroxyl groups is 1. The number of aryl methyl sites for hydroxylation is 1. The summed E-state index contributed by atoms with van der Waals surface area (Å²) in [7, 11) is 4.48. The van der Waals surface area contributed by atoms with Gasteiger partial charge in [-0.15, -0.1) is 0 Å². The summed E-state index contributed by atoms with van der Waals surface area (Å²) in [6.07, 6.45) is 0.872. The van der Waals surface area contributed by atoms with Crippen molar-refractivity contribution in [2.45, 2.75) is 108 Å². The molecule has 0 aromatic heterocycles. The molecule has 516 valence electrons. The van der Waals surface area contributed by atoms with E-state index in [0.29, 0.717) is 62.1 Å². The van der Waals surface area contributed by atoms with E-state index in [-0.39, 0.29) is 118 Å². The van der Waals surface area contributed by atoms with Crippen molar-refractivity contribution in [3.05, 3.63) is 185 Å². The first-order valence-electron chi connectivity index (χ1n) is 33.5. The highest BCUT2D eigenvalue weighted by molar-refractivity contribution is 8.77. The molecule has 20 nitrogen and oxygen atoms in total. The quantitative estimate of drug-likeness (QED) is 0.0155. The van der Waals surface area contributed by atoms with Gasteiger partial charge in [-0.3, -0.25) is 29.9 Å². The lowest BCUT2D eigenvalue weighted by atomic mass is 9.98. The van der Waals surface area contributed by atoms with Gasteiger partial charge in [-0.1, -0.05) is 150 Å². The highest BCUT2D eigenvalue weighted by atomic mass is 33.1. The van der Waals surface area contributed by atoms with Crippen LogP contribution in [0.3, 0.4) is 0 Å². The molecule has 3 fully saturated rings. The minimum absolute atomic E-state index is 0.0110. The second kappa shape index (κ2) is 32.1. The van der Waals surface area contributed by atoms with Crippen molar-refractivity contribution in [3.8, 4) is 39.5 Å². The predicted molar refractivity (Wildman–Crippen MR) is 380 cm³/mol. The maximum absolute atomic E-state index is 15.3. The molecule has 0 bridgehead atoms. The Labute approximate surface area is 580 Å². The van der Waals surface area contributed by atoms with E-state index >= 15 is 4.79 Å². The smallest absolute Gasteiger partial charge is 0.412 e. The molecule has 3 heterocycles. The van der Waals surface area contributed by atoms with Gasteiger partial charge in [0.1, 0.15) is 25.6 Å². The number of carbonyl (C=O) groups excluding carboxylic acids is 6. The Morgan fingerprint density at radius 3 is 1.78 bits per heavy atom. The molecule has 3 aliphatic heterocycles. The summed E-state index contributed by atoms with van der Waals surface area (Å²) < 4.78 is 42.2. The van der Waals surface area contributed by atoms with Crippen molar-refractivity contribution in [1.82, 2.24) is 20.0 Å². The summed E-state index contributed by atoms with van der Waals surface area (Å²) in [5, 5.41) is 18.8. The normalized spacial score (nSPS) is 17.0. The largest absolute Gasteiger partial charge is 0.493 e. The lowest BCUT2D eigenvalue weighted by Gasteiger charge is -2.33. The van der Waals surface area contributed by atoms with Gasteiger partial charge in [0.2, 0.25) is 5.91 Å². The number of unbranched alkanes of at least 4 members (excludes halogenated alkanes) is 2. The molecule has 2 aliphatic carbocycles. The molecule has 0 saturated carbocycles. The van der Waals surface area contributed by atoms with E-state index in [4.69, 9.17) is 33.2 Å². The van der Waals surface area contributed by atoms with Crippen LogP contribution in [-0.4, -0.2) is 164 Å². The Kier molecular flexibility index (Phi) is 23.1. The minimum Gasteiger partial charge on any atom is -0.493 e. The van der Waals surface area contributed by atoms with Crippen LogP contribution in [0.25, 0.3) is 22.3 Å². The highest BCUT2D eigenvalue weighted by Crippen LogP contribution is 2.47. The molecule has 22 heteroatoms. The number of nitrogens with zero attached hydrogens (tertiary/aromatic N) is 3. The van der Waals surface area contributed by atoms with Crippen LogP contribution in [-0.2, 0) is 23.7 Å². The van der Waals surface area contributed by atoms with Crippen LogP contribution in [0.5, 0.6) is 17.2 Å². The Bertz CT molecular complexity index is 3880. The summed E-state index contributed by atoms with van der Waals surface area (Å²) in [5.41, 5.74) is 11.4. The SMILES string of the molecule is C=C1C[C@@H](CO)N(C(=O)c2cc(OC)c(OCCCCCOc3cc(NC(=O)OCC4c5ccccc5-c5ccccc54)c(C(=O)N4CC(=C)C[C@H]4C4OCCN4C(=O)OCC4c5ccccc5-c5ccccc54)cc3C)cc2NC(=O)OCC(C)(C)SSCCC(=O)NCCC)C1. The fraction of sp³-hybridized carbons (Fsp3) is 0.395. The average molecular weight is 1370 g/mol. The Hall–Kier alpha value is -8.96. The molecule has 1 unspecified atom stereocenters. The molecule has 98 heavy (non-hydrogen) atoms. The summed E-state index contributed by atoms with van der Waals surface area (Å²) in [4.78, 5) is 88.4. The number of amides is 6. The van der Waals surface area contributed by atoms with Crippen molar-refractivity contribution < 1.29 is 67.0 Å². The molecular weight excluding hydrogens is 1280 g/mol. The van der Waals surface area contributed by atoms with E-state index in [0.717, 1.165) is 62.1 Å². The van der Waals surface area contributed by atoms with Gasteiger partial charge in [0.25, 0.3) is 11.8 Å². The van der Waals surface area contributed by atoms with E-state index in [9.17, 15) is 29.1 Å². The number of anilines is 2. The predicted octanol–water partition coefficient (Wildman–Crippen LogP) is 13.8. The molecule has 0 spiro atoms. The lowest BCUT2D eigenvalue weighted by Crippen LogP contribution is -2.51. The average Bonchev–Trinajstić information content (AvgIpc) is 1.58. The van der Waals surface area contributed by atoms with E-state index in [2.05, 4.69) is 65.5 Å². The number of benzene rings is 6. The third kappa shape index (κ3) is 16.3. The Morgan fingerprint density at radius 1 is 0.653 bits per heavy atom. The number of ether oxygens (including phenoxy) is 7. The summed E-state index contributed by atoms with van der Waals surface area (Å²) >= 11 is 0. The van der Waals surface area contributed by atoms with Crippen LogP contribution in [0.1, 0.15) is 126 Å². The van der Waals surface area contributed by atoms with Gasteiger partial charge >= 0.3 is 18.3 Å². The third-order valence-electron chi connectivity index (χ3n) is 18.2. The monoisotopic (exact) mass is 1370 g/mol. The van der Waals surface area contributed by atoms with Gasteiger partial charge < -0.3 is 53.4 Å². The summed E-state index contributed by atoms with van der Waals surface area (Å²) in [5.74, 6) is 0.297. The van der Waals surface area contributed by atoms with Crippen LogP contribution >= 0.6 is 21.6 Å². The number of methoxy groups -OCH3 is 1. The highest BCUT2D eigenvalue weighted by Gasteiger charge is 2.46. The molecule has 11 rings (SSSR count). The first-order chi connectivity index (χ1) is 47.4. The van der Waals surface area contributed by atoms with Crippen molar-refractivity contribution >= 4 is 69.0 Å². The summed E-state index contributed by atoms with van der Waals surface area (Å²) in [6.45, 7) is 18.0. The number of carbonyl (C=O) groups is 6. The fourth-order valence-electron chi connectivity index (χ4n) is 13.4. The molecule has 5 aliphatic rings. The number of hydrogen-bond acceptors (Lipinski definition) is 16. The van der Waals surface area contributed by atoms with Crippen molar-refractivity contribution in [1.29, 1.82) is 0 Å². The van der Waals surface area contributed by atoms with Crippen LogP contribution in [0.15, 0.2) is 146 Å². The van der Waals surface area contributed by atoms with E-state index < -0.39 is 53.2 Å². The van der Waals surface area contributed by atoms with Crippen molar-refractivity contribution in [2.24, 2.45) is 0 Å². The molecule has 6 aromatic carbocycles. The van der Waals surface area contributed by atoms with Gasteiger partial charge in [0.05, 0.1) is 79.4 Å². The number of likely N-dealkylation sites (tertiary alicyclic amines) is 2. The van der Waals surface area contributed by atoms with Gasteiger partial charge in [-0.2, -0.15) is 0 Å². The van der Waals surface area contributed by atoms with Crippen LogP contribution in [0.2, 0.25) is 0 Å². The second-order valence-electron chi connectivity index (χ2n) is 25.8. The van der Waals surface area contributed by atoms with E-state index in [1.54, 1.807) is 21.9 Å². The maximum Gasteiger partial charge on any atom is 0.412 e. The number of fused-ring (bicyclic) bond motifs is 6. The standard InChI is InChI=1S/C76H86N6O14S2/c1-8-29-77-69(84)28-34-97-98-76(5,6)46-96-74(88)79-64-40-68(67(90-7)38-60(64)70(85)81-41-47(2)35-50(81)43-83)92-32-19-9-18-31-91-66-39-63(78-73(87)94-44-61-55-24-14-10-20-51(55)52-21-11-15-25-56(52)61)59(37-49(66)4)71(86)82-42-48(3)36-65(82)72-80(30-33-93-72)75(89)95-45-62-57-26-16-12-22-53(57)54-23-13-17-27-58(54)62/h10-17,20-27,37-40,50,61-62,65,72,83H,2-3,8-9,18-19,28-36,41-46H2,1,4-7H3,(H,77,84)(H,78,87)(H,79,88)/t50-,65-,72?/m0/s1. The molecule has 3 saturated heterocycles. The van der Waals surface area contributed by atoms with Gasteiger partial charge in [0, 0.05) is 55.8 Å². The molecule has 0 radical (unpaired) electrons.